The SMILES string of the molecule is NN.O=S(=O)(NS(=O)(=O)C(F)(F)C(F)(F)F)C(F)(F)C(F)(F)F. The van der Waals surface area contributed by atoms with Crippen LogP contribution in [0.5, 0.6) is 0 Å². The molecule has 0 saturated carbocycles. The Hall–Kier alpha value is -0.920. The lowest BCUT2D eigenvalue weighted by Crippen LogP contribution is -2.57. The van der Waals surface area contributed by atoms with Crippen LogP contribution in [0.25, 0.3) is 0 Å². The first-order chi connectivity index (χ1) is 9.71. The maximum atomic E-state index is 12.4. The molecule has 0 rings (SSSR count). The number of sulfonamides is 2. The Morgan fingerprint density at radius 2 is 0.739 bits per heavy atom. The number of alkyl halides is 10. The maximum Gasteiger partial charge on any atom is 0.471 e. The minimum atomic E-state index is -7.49. The third kappa shape index (κ3) is 4.55. The lowest BCUT2D eigenvalue weighted by molar-refractivity contribution is -0.242. The smallest absolute Gasteiger partial charge is 0.274 e. The molecule has 142 valence electrons. The summed E-state index contributed by atoms with van der Waals surface area (Å²) in [7, 11) is -15.0. The van der Waals surface area contributed by atoms with Gasteiger partial charge in [0, 0.05) is 0 Å². The second-order valence-corrected chi connectivity index (χ2v) is 6.83. The Kier molecular flexibility index (Phi) is 6.91. The van der Waals surface area contributed by atoms with Crippen molar-refractivity contribution in [3.8, 4) is 0 Å². The fraction of sp³-hybridized carbons (Fsp3) is 1.00. The average molecular weight is 413 g/mol. The van der Waals surface area contributed by atoms with E-state index < -0.39 is 47.0 Å². The first-order valence-electron chi connectivity index (χ1n) is 4.21. The summed E-state index contributed by atoms with van der Waals surface area (Å²) >= 11 is 0. The normalized spacial score (nSPS) is 15.0. The van der Waals surface area contributed by atoms with Crippen LogP contribution in [0.1, 0.15) is 0 Å². The van der Waals surface area contributed by atoms with Crippen molar-refractivity contribution in [1.29, 1.82) is 0 Å². The zero-order valence-corrected chi connectivity index (χ0v) is 11.5. The summed E-state index contributed by atoms with van der Waals surface area (Å²) in [5, 5.41) is -13.9. The summed E-state index contributed by atoms with van der Waals surface area (Å²) in [6.45, 7) is 0. The molecule has 0 amide bonds. The van der Waals surface area contributed by atoms with Gasteiger partial charge in [0.2, 0.25) is 0 Å². The van der Waals surface area contributed by atoms with Crippen LogP contribution in [-0.4, -0.2) is 39.7 Å². The molecule has 19 heteroatoms. The van der Waals surface area contributed by atoms with Crippen molar-refractivity contribution in [3.63, 3.8) is 0 Å². The number of hydrazine groups is 1. The third-order valence-electron chi connectivity index (χ3n) is 1.55. The standard InChI is InChI=1S/C4HF10NO4S2.H4N2/c5-1(6,7)3(11,12)20(16,17)15-21(18,19)4(13,14)2(8,9)10;1-2/h15H;1-2H2. The molecule has 0 aromatic rings. The molecule has 0 unspecified atom stereocenters. The van der Waals surface area contributed by atoms with Crippen molar-refractivity contribution >= 4 is 20.0 Å². The quantitative estimate of drug-likeness (QED) is 0.347. The van der Waals surface area contributed by atoms with E-state index in [9.17, 15) is 60.7 Å². The summed E-state index contributed by atoms with van der Waals surface area (Å²) in [5.74, 6) is 8.00. The minimum Gasteiger partial charge on any atom is -0.274 e. The molecule has 0 aromatic carbocycles. The van der Waals surface area contributed by atoms with Gasteiger partial charge in [-0.25, -0.2) is 16.8 Å². The average Bonchev–Trinajstić information content (AvgIpc) is 2.26. The van der Waals surface area contributed by atoms with Crippen LogP contribution < -0.4 is 15.8 Å². The maximum absolute atomic E-state index is 12.4. The first kappa shape index (κ1) is 24.3. The van der Waals surface area contributed by atoms with Crippen molar-refractivity contribution in [2.75, 3.05) is 0 Å². The largest absolute Gasteiger partial charge is 0.471 e. The van der Waals surface area contributed by atoms with Crippen LogP contribution in [0.4, 0.5) is 43.9 Å². The molecule has 7 nitrogen and oxygen atoms in total. The van der Waals surface area contributed by atoms with Crippen LogP contribution in [-0.2, 0) is 20.0 Å². The van der Waals surface area contributed by atoms with Gasteiger partial charge in [0.15, 0.2) is 0 Å². The second-order valence-electron chi connectivity index (χ2n) is 3.12. The van der Waals surface area contributed by atoms with Gasteiger partial charge in [0.1, 0.15) is 0 Å². The minimum absolute atomic E-state index is 0.969. The number of nitrogens with one attached hydrogen (secondary N) is 1. The highest BCUT2D eigenvalue weighted by molar-refractivity contribution is 8.05. The van der Waals surface area contributed by atoms with Crippen LogP contribution in [0.3, 0.4) is 0 Å². The van der Waals surface area contributed by atoms with E-state index >= 15 is 0 Å². The molecule has 0 fully saturated rings. The van der Waals surface area contributed by atoms with Crippen molar-refractivity contribution in [2.45, 2.75) is 22.9 Å². The number of nitrogens with two attached hydrogens (primary N) is 2. The summed E-state index contributed by atoms with van der Waals surface area (Å²) in [5.41, 5.74) is 0. The van der Waals surface area contributed by atoms with Crippen molar-refractivity contribution in [2.24, 2.45) is 11.7 Å². The molecule has 0 spiro atoms. The molecule has 0 aliphatic carbocycles. The van der Waals surface area contributed by atoms with E-state index in [0.29, 0.717) is 0 Å². The Balaban J connectivity index is 0. The molecule has 0 aromatic heterocycles. The highest BCUT2D eigenvalue weighted by Crippen LogP contribution is 2.42. The van der Waals surface area contributed by atoms with Crippen LogP contribution >= 0.6 is 0 Å². The Morgan fingerprint density at radius 1 is 0.565 bits per heavy atom. The van der Waals surface area contributed by atoms with Gasteiger partial charge < -0.3 is 0 Å². The molecular weight excluding hydrogens is 408 g/mol. The van der Waals surface area contributed by atoms with E-state index in [1.54, 1.807) is 0 Å². The molecule has 0 radical (unpaired) electrons. The molecule has 0 bridgehead atoms. The lowest BCUT2D eigenvalue weighted by atomic mass is 10.7. The third-order valence-corrected chi connectivity index (χ3v) is 5.12. The number of hydrogen-bond donors (Lipinski definition) is 3. The van der Waals surface area contributed by atoms with Gasteiger partial charge in [0.25, 0.3) is 20.0 Å². The molecule has 23 heavy (non-hydrogen) atoms. The van der Waals surface area contributed by atoms with Gasteiger partial charge in [-0.2, -0.15) is 43.9 Å². The van der Waals surface area contributed by atoms with Gasteiger partial charge in [-0.15, -0.1) is 0 Å². The first-order valence-corrected chi connectivity index (χ1v) is 7.17. The summed E-state index contributed by atoms with van der Waals surface area (Å²) in [4.78, 5) is 0. The predicted octanol–water partition coefficient (Wildman–Crippen LogP) is 0.365. The summed E-state index contributed by atoms with van der Waals surface area (Å²) < 4.78 is 160. The molecule has 0 heterocycles. The Morgan fingerprint density at radius 3 is 0.870 bits per heavy atom. The van der Waals surface area contributed by atoms with E-state index in [1.165, 1.54) is 0 Å². The number of rotatable bonds is 4. The monoisotopic (exact) mass is 413 g/mol. The van der Waals surface area contributed by atoms with Crippen LogP contribution in [0.15, 0.2) is 0 Å². The van der Waals surface area contributed by atoms with E-state index in [0.717, 1.165) is 0 Å². The summed E-state index contributed by atoms with van der Waals surface area (Å²) in [6.07, 6.45) is -13.9. The Bertz CT molecular complexity index is 551. The number of hydrogen-bond acceptors (Lipinski definition) is 6. The van der Waals surface area contributed by atoms with E-state index in [-0.39, 0.29) is 0 Å². The topological polar surface area (TPSA) is 132 Å². The van der Waals surface area contributed by atoms with Gasteiger partial charge in [-0.1, -0.05) is 4.13 Å². The van der Waals surface area contributed by atoms with Gasteiger partial charge in [-0.05, 0) is 0 Å². The lowest BCUT2D eigenvalue weighted by Gasteiger charge is -2.23. The fourth-order valence-electron chi connectivity index (χ4n) is 0.554. The molecular formula is C4H5F10N3O4S2. The highest BCUT2D eigenvalue weighted by Gasteiger charge is 2.73. The molecule has 0 saturated heterocycles. The van der Waals surface area contributed by atoms with Gasteiger partial charge >= 0.3 is 22.9 Å². The number of halogens is 10. The fourth-order valence-corrected chi connectivity index (χ4v) is 3.16. The van der Waals surface area contributed by atoms with Crippen molar-refractivity contribution in [1.82, 2.24) is 4.13 Å². The molecule has 5 N–H and O–H groups in total. The van der Waals surface area contributed by atoms with E-state index in [2.05, 4.69) is 11.7 Å². The van der Waals surface area contributed by atoms with Gasteiger partial charge in [0.05, 0.1) is 0 Å². The van der Waals surface area contributed by atoms with Crippen LogP contribution in [0.2, 0.25) is 0 Å². The van der Waals surface area contributed by atoms with Gasteiger partial charge in [-0.3, -0.25) is 11.7 Å². The molecule has 0 atom stereocenters. The molecule has 0 aliphatic heterocycles. The highest BCUT2D eigenvalue weighted by atomic mass is 32.3. The zero-order valence-electron chi connectivity index (χ0n) is 9.88. The van der Waals surface area contributed by atoms with Crippen molar-refractivity contribution in [3.05, 3.63) is 0 Å². The van der Waals surface area contributed by atoms with E-state index in [4.69, 9.17) is 0 Å². The van der Waals surface area contributed by atoms with Crippen molar-refractivity contribution < 1.29 is 60.7 Å². The second kappa shape index (κ2) is 6.53. The zero-order chi connectivity index (χ0) is 19.7. The van der Waals surface area contributed by atoms with E-state index in [1.807, 2.05) is 0 Å². The van der Waals surface area contributed by atoms with Crippen LogP contribution in [0, 0.1) is 0 Å². The summed E-state index contributed by atoms with van der Waals surface area (Å²) in [6, 6.07) is 0. The molecule has 0 aliphatic rings. The predicted molar refractivity (Wildman–Crippen MR) is 51.4 cm³/mol. The Labute approximate surface area is 120 Å².